The van der Waals surface area contributed by atoms with E-state index in [4.69, 9.17) is 12.2 Å². The van der Waals surface area contributed by atoms with Gasteiger partial charge in [-0.15, -0.1) is 0 Å². The molecule has 0 aliphatic heterocycles. The molecule has 1 saturated carbocycles. The van der Waals surface area contributed by atoms with Crippen LogP contribution in [-0.2, 0) is 6.54 Å². The smallest absolute Gasteiger partial charge is 0.170 e. The second-order valence-electron chi connectivity index (χ2n) is 6.47. The van der Waals surface area contributed by atoms with Crippen LogP contribution in [0.2, 0.25) is 0 Å². The highest BCUT2D eigenvalue weighted by atomic mass is 32.1. The minimum absolute atomic E-state index is 0.200. The molecule has 0 bridgehead atoms. The summed E-state index contributed by atoms with van der Waals surface area (Å²) in [5, 5.41) is 4.36. The Morgan fingerprint density at radius 3 is 2.54 bits per heavy atom. The molecule has 1 aromatic carbocycles. The molecule has 1 unspecified atom stereocenters. The van der Waals surface area contributed by atoms with Gasteiger partial charge in [-0.1, -0.05) is 49.2 Å². The van der Waals surface area contributed by atoms with Crippen LogP contribution in [0.4, 0.5) is 0 Å². The highest BCUT2D eigenvalue weighted by Gasteiger charge is 2.25. The number of hydrogen-bond acceptors (Lipinski definition) is 2. The minimum Gasteiger partial charge on any atom is -0.356 e. The van der Waals surface area contributed by atoms with Crippen molar-refractivity contribution in [3.63, 3.8) is 0 Å². The summed E-state index contributed by atoms with van der Waals surface area (Å²) in [6.07, 6.45) is 6.87. The zero-order valence-electron chi connectivity index (χ0n) is 14.2. The van der Waals surface area contributed by atoms with Crippen LogP contribution in [0.25, 0.3) is 0 Å². The van der Waals surface area contributed by atoms with Crippen LogP contribution in [-0.4, -0.2) is 21.0 Å². The topological polar surface area (TPSA) is 28.2 Å². The van der Waals surface area contributed by atoms with E-state index in [1.807, 2.05) is 24.4 Å². The fourth-order valence-electron chi connectivity index (χ4n) is 3.34. The Hall–Kier alpha value is -1.94. The Bertz CT molecular complexity index is 638. The summed E-state index contributed by atoms with van der Waals surface area (Å²) in [6, 6.07) is 17.2. The van der Waals surface area contributed by atoms with Crippen molar-refractivity contribution in [3.05, 3.63) is 66.0 Å². The zero-order valence-corrected chi connectivity index (χ0v) is 15.0. The number of nitrogens with one attached hydrogen (secondary N) is 1. The molecule has 1 aromatic heterocycles. The molecule has 1 N–H and O–H groups in total. The van der Waals surface area contributed by atoms with E-state index in [9.17, 15) is 0 Å². The van der Waals surface area contributed by atoms with E-state index in [0.717, 1.165) is 17.4 Å². The van der Waals surface area contributed by atoms with Crippen LogP contribution in [0.1, 0.15) is 49.9 Å². The lowest BCUT2D eigenvalue weighted by Gasteiger charge is -2.33. The van der Waals surface area contributed by atoms with Crippen molar-refractivity contribution in [1.29, 1.82) is 0 Å². The van der Waals surface area contributed by atoms with Crippen molar-refractivity contribution >= 4 is 17.3 Å². The average molecular weight is 340 g/mol. The largest absolute Gasteiger partial charge is 0.356 e. The van der Waals surface area contributed by atoms with E-state index in [2.05, 4.69) is 52.5 Å². The first-order valence-corrected chi connectivity index (χ1v) is 9.17. The minimum atomic E-state index is 0.200. The molecule has 4 heteroatoms. The lowest BCUT2D eigenvalue weighted by atomic mass is 10.1. The molecule has 126 valence electrons. The van der Waals surface area contributed by atoms with Crippen molar-refractivity contribution in [3.8, 4) is 0 Å². The van der Waals surface area contributed by atoms with Gasteiger partial charge < -0.3 is 10.2 Å². The Labute approximate surface area is 150 Å². The second-order valence-corrected chi connectivity index (χ2v) is 6.86. The number of thiocarbonyl (C=S) groups is 1. The fourth-order valence-corrected chi connectivity index (χ4v) is 3.73. The van der Waals surface area contributed by atoms with E-state index in [0.29, 0.717) is 6.04 Å². The van der Waals surface area contributed by atoms with E-state index in [-0.39, 0.29) is 6.04 Å². The fraction of sp³-hybridized carbons (Fsp3) is 0.400. The third kappa shape index (κ3) is 4.32. The van der Waals surface area contributed by atoms with Gasteiger partial charge in [0.2, 0.25) is 0 Å². The number of benzene rings is 1. The number of aromatic nitrogens is 1. The van der Waals surface area contributed by atoms with Crippen LogP contribution >= 0.6 is 12.2 Å². The summed E-state index contributed by atoms with van der Waals surface area (Å²) in [4.78, 5) is 6.82. The lowest BCUT2D eigenvalue weighted by molar-refractivity contribution is 0.297. The van der Waals surface area contributed by atoms with Gasteiger partial charge in [-0.3, -0.25) is 4.98 Å². The molecular weight excluding hydrogens is 314 g/mol. The Morgan fingerprint density at radius 1 is 1.17 bits per heavy atom. The summed E-state index contributed by atoms with van der Waals surface area (Å²) in [5.41, 5.74) is 2.32. The maximum absolute atomic E-state index is 5.77. The first-order valence-electron chi connectivity index (χ1n) is 8.76. The molecule has 0 saturated heterocycles. The first kappa shape index (κ1) is 16.9. The molecule has 0 spiro atoms. The molecule has 24 heavy (non-hydrogen) atoms. The maximum atomic E-state index is 5.77. The predicted octanol–water partition coefficient (Wildman–Crippen LogP) is 4.46. The van der Waals surface area contributed by atoms with Gasteiger partial charge in [-0.2, -0.15) is 0 Å². The molecule has 1 aliphatic carbocycles. The molecule has 1 heterocycles. The molecule has 3 rings (SSSR count). The van der Waals surface area contributed by atoms with Gasteiger partial charge in [0.1, 0.15) is 0 Å². The third-order valence-corrected chi connectivity index (χ3v) is 5.08. The van der Waals surface area contributed by atoms with Gasteiger partial charge in [0.25, 0.3) is 0 Å². The van der Waals surface area contributed by atoms with E-state index >= 15 is 0 Å². The van der Waals surface area contributed by atoms with E-state index in [1.54, 1.807) is 0 Å². The van der Waals surface area contributed by atoms with Crippen molar-refractivity contribution in [2.24, 2.45) is 0 Å². The summed E-state index contributed by atoms with van der Waals surface area (Å²) in [7, 11) is 0. The van der Waals surface area contributed by atoms with E-state index < -0.39 is 0 Å². The van der Waals surface area contributed by atoms with Crippen molar-refractivity contribution in [2.45, 2.75) is 51.2 Å². The summed E-state index contributed by atoms with van der Waals surface area (Å²) in [6.45, 7) is 2.94. The average Bonchev–Trinajstić information content (AvgIpc) is 3.15. The van der Waals surface area contributed by atoms with Crippen LogP contribution in [0.15, 0.2) is 54.7 Å². The lowest BCUT2D eigenvalue weighted by Crippen LogP contribution is -2.45. The van der Waals surface area contributed by atoms with Gasteiger partial charge in [0, 0.05) is 12.2 Å². The number of hydrogen-bond donors (Lipinski definition) is 1. The van der Waals surface area contributed by atoms with Crippen LogP contribution < -0.4 is 5.32 Å². The van der Waals surface area contributed by atoms with Gasteiger partial charge >= 0.3 is 0 Å². The van der Waals surface area contributed by atoms with Gasteiger partial charge in [0.05, 0.1) is 18.3 Å². The highest BCUT2D eigenvalue weighted by Crippen LogP contribution is 2.25. The predicted molar refractivity (Wildman–Crippen MR) is 103 cm³/mol. The summed E-state index contributed by atoms with van der Waals surface area (Å²) in [5.74, 6) is 0. The molecular formula is C20H25N3S. The van der Waals surface area contributed by atoms with Gasteiger partial charge in [0.15, 0.2) is 5.11 Å². The summed E-state index contributed by atoms with van der Waals surface area (Å²) < 4.78 is 0. The highest BCUT2D eigenvalue weighted by molar-refractivity contribution is 7.80. The van der Waals surface area contributed by atoms with Crippen LogP contribution in [0, 0.1) is 0 Å². The number of rotatable bonds is 5. The van der Waals surface area contributed by atoms with Crippen LogP contribution in [0.3, 0.4) is 0 Å². The molecule has 2 aromatic rings. The zero-order chi connectivity index (χ0) is 16.8. The van der Waals surface area contributed by atoms with Crippen molar-refractivity contribution in [2.75, 3.05) is 0 Å². The SMILES string of the molecule is CC(NC(=S)N(Cc1ccccn1)C1CCCC1)c1ccccc1. The van der Waals surface area contributed by atoms with Gasteiger partial charge in [-0.25, -0.2) is 0 Å². The molecule has 1 atom stereocenters. The van der Waals surface area contributed by atoms with Crippen molar-refractivity contribution in [1.82, 2.24) is 15.2 Å². The Balaban J connectivity index is 1.71. The standard InChI is InChI=1S/C20H25N3S/c1-16(17-9-3-2-4-10-17)22-20(24)23(19-12-5-6-13-19)15-18-11-7-8-14-21-18/h2-4,7-11,14,16,19H,5-6,12-13,15H2,1H3,(H,22,24). The Morgan fingerprint density at radius 2 is 1.88 bits per heavy atom. The van der Waals surface area contributed by atoms with Crippen LogP contribution in [0.5, 0.6) is 0 Å². The maximum Gasteiger partial charge on any atom is 0.170 e. The van der Waals surface area contributed by atoms with Crippen molar-refractivity contribution < 1.29 is 0 Å². The second kappa shape index (κ2) is 8.25. The molecule has 3 nitrogen and oxygen atoms in total. The quantitative estimate of drug-likeness (QED) is 0.814. The number of pyridine rings is 1. The molecule has 0 amide bonds. The third-order valence-electron chi connectivity index (χ3n) is 4.72. The molecule has 1 aliphatic rings. The van der Waals surface area contributed by atoms with Gasteiger partial charge in [-0.05, 0) is 49.7 Å². The number of nitrogens with zero attached hydrogens (tertiary/aromatic N) is 2. The molecule has 0 radical (unpaired) electrons. The normalized spacial score (nSPS) is 15.9. The summed E-state index contributed by atoms with van der Waals surface area (Å²) >= 11 is 5.77. The first-order chi connectivity index (χ1) is 11.7. The monoisotopic (exact) mass is 339 g/mol. The Kier molecular flexibility index (Phi) is 5.81. The molecule has 1 fully saturated rings. The van der Waals surface area contributed by atoms with E-state index in [1.165, 1.54) is 31.2 Å².